The molecule has 1 amide bonds. The summed E-state index contributed by atoms with van der Waals surface area (Å²) in [6.45, 7) is 8.70. The zero-order chi connectivity index (χ0) is 15.4. The van der Waals surface area contributed by atoms with Crippen LogP contribution in [0.2, 0.25) is 0 Å². The first kappa shape index (κ1) is 14.2. The minimum atomic E-state index is -0.697. The molecule has 0 radical (unpaired) electrons. The van der Waals surface area contributed by atoms with Gasteiger partial charge in [-0.25, -0.2) is 4.85 Å². The number of carbonyl (C=O) groups excluding carboxylic acids is 1. The van der Waals surface area contributed by atoms with E-state index in [-0.39, 0.29) is 22.8 Å². The molecule has 2 aromatic rings. The highest BCUT2D eigenvalue weighted by molar-refractivity contribution is 6.10. The van der Waals surface area contributed by atoms with Crippen molar-refractivity contribution in [3.63, 3.8) is 0 Å². The Labute approximate surface area is 121 Å². The first-order valence-corrected chi connectivity index (χ1v) is 6.03. The summed E-state index contributed by atoms with van der Waals surface area (Å²) in [5, 5.41) is 10.0. The fraction of sp³-hybridized carbons (Fsp3) is 0.0667. The highest BCUT2D eigenvalue weighted by Crippen LogP contribution is 2.38. The average Bonchev–Trinajstić information content (AvgIpc) is 2.46. The Balaban J connectivity index is 2.78. The van der Waals surface area contributed by atoms with Gasteiger partial charge in [-0.15, -0.1) is 0 Å². The molecule has 0 fully saturated rings. The lowest BCUT2D eigenvalue weighted by Crippen LogP contribution is -2.10. The number of aromatic hydroxyl groups is 1. The van der Waals surface area contributed by atoms with Crippen LogP contribution >= 0.6 is 0 Å². The first-order chi connectivity index (χ1) is 10.0. The van der Waals surface area contributed by atoms with Crippen molar-refractivity contribution in [3.8, 4) is 16.9 Å². The molecule has 104 valence electrons. The van der Waals surface area contributed by atoms with E-state index in [1.54, 1.807) is 18.3 Å². The van der Waals surface area contributed by atoms with E-state index in [1.165, 1.54) is 25.3 Å². The maximum absolute atomic E-state index is 12.2. The molecule has 6 nitrogen and oxygen atoms in total. The number of amidine groups is 1. The number of aromatic nitrogens is 1. The lowest BCUT2D eigenvalue weighted by molar-refractivity contribution is 0.100. The van der Waals surface area contributed by atoms with Crippen LogP contribution in [-0.2, 0) is 0 Å². The van der Waals surface area contributed by atoms with Gasteiger partial charge < -0.3 is 10.8 Å². The largest absolute Gasteiger partial charge is 0.507 e. The monoisotopic (exact) mass is 280 g/mol. The fourth-order valence-electron chi connectivity index (χ4n) is 1.91. The number of pyridine rings is 1. The van der Waals surface area contributed by atoms with Crippen molar-refractivity contribution in [3.05, 3.63) is 53.6 Å². The molecule has 3 N–H and O–H groups in total. The Morgan fingerprint density at radius 2 is 2.19 bits per heavy atom. The molecule has 0 unspecified atom stereocenters. The quantitative estimate of drug-likeness (QED) is 0.502. The summed E-state index contributed by atoms with van der Waals surface area (Å²) in [6, 6.07) is 6.12. The average molecular weight is 280 g/mol. The molecule has 0 saturated carbocycles. The number of benzene rings is 1. The number of hydrogen-bond donors (Lipinski definition) is 2. The van der Waals surface area contributed by atoms with Crippen molar-refractivity contribution < 1.29 is 9.90 Å². The van der Waals surface area contributed by atoms with Crippen molar-refractivity contribution >= 4 is 17.4 Å². The summed E-state index contributed by atoms with van der Waals surface area (Å²) < 4.78 is 0. The van der Waals surface area contributed by atoms with E-state index in [0.717, 1.165) is 0 Å². The maximum atomic E-state index is 12.2. The van der Waals surface area contributed by atoms with E-state index in [0.29, 0.717) is 11.1 Å². The molecule has 0 aliphatic heterocycles. The Kier molecular flexibility index (Phi) is 3.95. The molecule has 0 saturated heterocycles. The minimum Gasteiger partial charge on any atom is -0.507 e. The summed E-state index contributed by atoms with van der Waals surface area (Å²) in [5.74, 6) is -0.877. The van der Waals surface area contributed by atoms with Crippen LogP contribution in [0.5, 0.6) is 5.75 Å². The Morgan fingerprint density at radius 1 is 1.43 bits per heavy atom. The number of hydrogen-bond acceptors (Lipinski definition) is 3. The number of rotatable bonds is 2. The molecule has 0 spiro atoms. The Bertz CT molecular complexity index is 757. The minimum absolute atomic E-state index is 0.0544. The van der Waals surface area contributed by atoms with Gasteiger partial charge in [-0.3, -0.25) is 9.78 Å². The molecule has 1 heterocycles. The zero-order valence-corrected chi connectivity index (χ0v) is 11.2. The highest BCUT2D eigenvalue weighted by atomic mass is 16.3. The third kappa shape index (κ3) is 2.87. The first-order valence-electron chi connectivity index (χ1n) is 6.03. The number of nitrogens with zero attached hydrogens (tertiary/aromatic N) is 3. The molecule has 6 heteroatoms. The van der Waals surface area contributed by atoms with E-state index >= 15 is 0 Å². The Hall–Kier alpha value is -3.20. The molecule has 2 rings (SSSR count). The predicted octanol–water partition coefficient (Wildman–Crippen LogP) is 2.52. The zero-order valence-electron chi connectivity index (χ0n) is 11.2. The second-order valence-corrected chi connectivity index (χ2v) is 4.27. The number of aliphatic imine (C=N–C) groups is 1. The van der Waals surface area contributed by atoms with E-state index in [4.69, 9.17) is 12.3 Å². The van der Waals surface area contributed by atoms with Crippen LogP contribution in [0.1, 0.15) is 17.3 Å². The standard InChI is InChI=1S/C15H12N4O2/c1-9(16)19-15(21)14-12(20)6-5-11(17-2)13(14)10-4-3-7-18-8-10/h3-8,20H,1H3,(H2,16,19,21). The van der Waals surface area contributed by atoms with Gasteiger partial charge >= 0.3 is 0 Å². The Morgan fingerprint density at radius 3 is 2.76 bits per heavy atom. The summed E-state index contributed by atoms with van der Waals surface area (Å²) in [6.07, 6.45) is 3.09. The molecule has 0 bridgehead atoms. The van der Waals surface area contributed by atoms with Crippen molar-refractivity contribution in [1.29, 1.82) is 0 Å². The van der Waals surface area contributed by atoms with Gasteiger partial charge in [0.1, 0.15) is 11.6 Å². The number of amides is 1. The van der Waals surface area contributed by atoms with Gasteiger partial charge in [0.05, 0.1) is 12.1 Å². The molecular weight excluding hydrogens is 268 g/mol. The molecule has 1 aromatic carbocycles. The molecule has 0 atom stereocenters. The van der Waals surface area contributed by atoms with Gasteiger partial charge in [0.15, 0.2) is 5.69 Å². The SMILES string of the molecule is [C-]#[N+]c1ccc(O)c(C(=O)N=C(C)N)c1-c1cccnc1. The van der Waals surface area contributed by atoms with E-state index in [1.807, 2.05) is 0 Å². The van der Waals surface area contributed by atoms with Gasteiger partial charge in [0.25, 0.3) is 5.91 Å². The lowest BCUT2D eigenvalue weighted by Gasteiger charge is -2.11. The van der Waals surface area contributed by atoms with Crippen molar-refractivity contribution in [2.45, 2.75) is 6.92 Å². The molecule has 1 aromatic heterocycles. The number of carbonyl (C=O) groups is 1. The molecular formula is C15H12N4O2. The van der Waals surface area contributed by atoms with E-state index < -0.39 is 5.91 Å². The molecule has 21 heavy (non-hydrogen) atoms. The summed E-state index contributed by atoms with van der Waals surface area (Å²) in [7, 11) is 0. The van der Waals surface area contributed by atoms with Crippen LogP contribution in [0, 0.1) is 6.57 Å². The fourth-order valence-corrected chi connectivity index (χ4v) is 1.91. The van der Waals surface area contributed by atoms with Crippen molar-refractivity contribution in [1.82, 2.24) is 4.98 Å². The second kappa shape index (κ2) is 5.84. The van der Waals surface area contributed by atoms with Crippen LogP contribution in [0.25, 0.3) is 16.0 Å². The van der Waals surface area contributed by atoms with E-state index in [2.05, 4.69) is 14.8 Å². The predicted molar refractivity (Wildman–Crippen MR) is 79.2 cm³/mol. The van der Waals surface area contributed by atoms with Crippen molar-refractivity contribution in [2.24, 2.45) is 10.7 Å². The third-order valence-corrected chi connectivity index (χ3v) is 2.72. The maximum Gasteiger partial charge on any atom is 0.281 e. The van der Waals surface area contributed by atoms with E-state index in [9.17, 15) is 9.90 Å². The van der Waals surface area contributed by atoms with Gasteiger partial charge in [-0.2, -0.15) is 4.99 Å². The normalized spacial score (nSPS) is 11.0. The van der Waals surface area contributed by atoms with Gasteiger partial charge in [0, 0.05) is 18.0 Å². The van der Waals surface area contributed by atoms with Gasteiger partial charge in [0.2, 0.25) is 0 Å². The topological polar surface area (TPSA) is 92.9 Å². The number of phenolic OH excluding ortho intramolecular Hbond substituents is 1. The lowest BCUT2D eigenvalue weighted by atomic mass is 9.97. The molecule has 0 aliphatic carbocycles. The second-order valence-electron chi connectivity index (χ2n) is 4.27. The number of phenols is 1. The van der Waals surface area contributed by atoms with Crippen LogP contribution < -0.4 is 5.73 Å². The smallest absolute Gasteiger partial charge is 0.281 e. The molecule has 0 aliphatic rings. The summed E-state index contributed by atoms with van der Waals surface area (Å²) in [4.78, 5) is 23.2. The van der Waals surface area contributed by atoms with Crippen LogP contribution in [0.15, 0.2) is 41.7 Å². The van der Waals surface area contributed by atoms with Gasteiger partial charge in [-0.05, 0) is 24.6 Å². The third-order valence-electron chi connectivity index (χ3n) is 2.72. The number of nitrogens with two attached hydrogens (primary N) is 1. The summed E-state index contributed by atoms with van der Waals surface area (Å²) >= 11 is 0. The van der Waals surface area contributed by atoms with Gasteiger partial charge in [-0.1, -0.05) is 12.1 Å². The highest BCUT2D eigenvalue weighted by Gasteiger charge is 2.21. The van der Waals surface area contributed by atoms with Crippen molar-refractivity contribution in [2.75, 3.05) is 0 Å². The summed E-state index contributed by atoms with van der Waals surface area (Å²) in [5.41, 5.74) is 6.44. The van der Waals surface area contributed by atoms with Crippen LogP contribution in [0.4, 0.5) is 5.69 Å². The van der Waals surface area contributed by atoms with Crippen LogP contribution in [0.3, 0.4) is 0 Å². The van der Waals surface area contributed by atoms with Crippen LogP contribution in [-0.4, -0.2) is 21.8 Å².